The maximum Gasteiger partial charge on any atom is 0.253 e. The first kappa shape index (κ1) is 15.1. The maximum absolute atomic E-state index is 12.7. The van der Waals surface area contributed by atoms with Gasteiger partial charge in [0.05, 0.1) is 5.25 Å². The highest BCUT2D eigenvalue weighted by atomic mass is 32.2. The molecule has 0 aromatic heterocycles. The number of benzene rings is 1. The van der Waals surface area contributed by atoms with E-state index in [1.807, 2.05) is 35.2 Å². The molecule has 0 N–H and O–H groups in total. The van der Waals surface area contributed by atoms with Gasteiger partial charge in [0, 0.05) is 31.2 Å². The van der Waals surface area contributed by atoms with E-state index < -0.39 is 10.0 Å². The van der Waals surface area contributed by atoms with Gasteiger partial charge in [-0.15, -0.1) is 0 Å². The van der Waals surface area contributed by atoms with Crippen molar-refractivity contribution in [2.45, 2.75) is 37.0 Å². The minimum Gasteiger partial charge on any atom is -0.337 e. The molecule has 0 spiro atoms. The Kier molecular flexibility index (Phi) is 3.69. The van der Waals surface area contributed by atoms with E-state index in [1.165, 1.54) is 0 Å². The minimum atomic E-state index is -3.16. The zero-order valence-electron chi connectivity index (χ0n) is 13.1. The van der Waals surface area contributed by atoms with Crippen molar-refractivity contribution < 1.29 is 13.2 Å². The van der Waals surface area contributed by atoms with E-state index >= 15 is 0 Å². The average molecular weight is 334 g/mol. The predicted molar refractivity (Wildman–Crippen MR) is 87.5 cm³/mol. The quantitative estimate of drug-likeness (QED) is 0.846. The van der Waals surface area contributed by atoms with E-state index in [9.17, 15) is 13.2 Å². The molecule has 124 valence electrons. The molecule has 4 fully saturated rings. The second kappa shape index (κ2) is 5.60. The van der Waals surface area contributed by atoms with Gasteiger partial charge in [0.1, 0.15) is 0 Å². The molecule has 23 heavy (non-hydrogen) atoms. The van der Waals surface area contributed by atoms with Crippen molar-refractivity contribution in [1.82, 2.24) is 9.21 Å². The summed E-state index contributed by atoms with van der Waals surface area (Å²) in [4.78, 5) is 14.6. The molecular formula is C17H22N2O3S. The summed E-state index contributed by atoms with van der Waals surface area (Å²) in [5, 5.41) is -0.167. The number of nitrogens with zero attached hydrogens (tertiary/aromatic N) is 2. The lowest BCUT2D eigenvalue weighted by Gasteiger charge is -2.35. The molecule has 1 aliphatic carbocycles. The third kappa shape index (κ3) is 2.78. The van der Waals surface area contributed by atoms with Gasteiger partial charge in [-0.3, -0.25) is 4.79 Å². The normalized spacial score (nSPS) is 28.6. The smallest absolute Gasteiger partial charge is 0.253 e. The number of hydrogen-bond acceptors (Lipinski definition) is 3. The summed E-state index contributed by atoms with van der Waals surface area (Å²) in [6, 6.07) is 9.23. The van der Waals surface area contributed by atoms with Crippen LogP contribution < -0.4 is 0 Å². The van der Waals surface area contributed by atoms with Crippen LogP contribution in [0.2, 0.25) is 0 Å². The van der Waals surface area contributed by atoms with Crippen LogP contribution in [-0.4, -0.2) is 54.5 Å². The minimum absolute atomic E-state index is 0.0215. The Morgan fingerprint density at radius 1 is 0.957 bits per heavy atom. The van der Waals surface area contributed by atoms with Crippen LogP contribution in [0.15, 0.2) is 30.3 Å². The van der Waals surface area contributed by atoms with Gasteiger partial charge >= 0.3 is 0 Å². The molecule has 6 heteroatoms. The fourth-order valence-corrected chi connectivity index (χ4v) is 5.96. The van der Waals surface area contributed by atoms with Crippen LogP contribution in [0.5, 0.6) is 0 Å². The molecule has 3 aliphatic heterocycles. The molecule has 2 bridgehead atoms. The third-order valence-electron chi connectivity index (χ3n) is 5.24. The Bertz CT molecular complexity index is 700. The molecule has 2 atom stereocenters. The number of carbonyl (C=O) groups excluding carboxylic acids is 1. The molecule has 1 amide bonds. The van der Waals surface area contributed by atoms with Crippen molar-refractivity contribution in [1.29, 1.82) is 0 Å². The van der Waals surface area contributed by atoms with Crippen molar-refractivity contribution in [2.75, 3.05) is 19.6 Å². The summed E-state index contributed by atoms with van der Waals surface area (Å²) in [7, 11) is -3.16. The largest absolute Gasteiger partial charge is 0.337 e. The van der Waals surface area contributed by atoms with Crippen molar-refractivity contribution >= 4 is 15.9 Å². The van der Waals surface area contributed by atoms with Gasteiger partial charge in [0.15, 0.2) is 0 Å². The molecule has 1 aromatic carbocycles. The number of carbonyl (C=O) groups is 1. The van der Waals surface area contributed by atoms with E-state index in [2.05, 4.69) is 0 Å². The monoisotopic (exact) mass is 334 g/mol. The number of sulfonamides is 1. The maximum atomic E-state index is 12.7. The van der Waals surface area contributed by atoms with Crippen LogP contribution in [-0.2, 0) is 10.0 Å². The summed E-state index contributed by atoms with van der Waals surface area (Å²) < 4.78 is 27.0. The molecule has 3 saturated heterocycles. The lowest BCUT2D eigenvalue weighted by Crippen LogP contribution is -2.48. The summed E-state index contributed by atoms with van der Waals surface area (Å²) in [6.45, 7) is 1.78. The number of fused-ring (bicyclic) bond motifs is 4. The average Bonchev–Trinajstić information content (AvgIpc) is 3.41. The number of rotatable bonds is 3. The van der Waals surface area contributed by atoms with Crippen LogP contribution >= 0.6 is 0 Å². The predicted octanol–water partition coefficient (Wildman–Crippen LogP) is 1.72. The molecule has 3 heterocycles. The lowest BCUT2D eigenvalue weighted by molar-refractivity contribution is 0.0746. The highest BCUT2D eigenvalue weighted by Crippen LogP contribution is 2.37. The van der Waals surface area contributed by atoms with Crippen LogP contribution in [0.3, 0.4) is 0 Å². The Morgan fingerprint density at radius 3 is 2.39 bits per heavy atom. The van der Waals surface area contributed by atoms with Gasteiger partial charge in [0.25, 0.3) is 5.91 Å². The van der Waals surface area contributed by atoms with Crippen LogP contribution in [0.4, 0.5) is 0 Å². The van der Waals surface area contributed by atoms with Crippen LogP contribution in [0.1, 0.15) is 36.0 Å². The van der Waals surface area contributed by atoms with Crippen LogP contribution in [0.25, 0.3) is 0 Å². The zero-order valence-corrected chi connectivity index (χ0v) is 13.9. The molecule has 0 unspecified atom stereocenters. The Hall–Kier alpha value is -1.40. The van der Waals surface area contributed by atoms with Gasteiger partial charge in [-0.2, -0.15) is 4.31 Å². The fourth-order valence-electron chi connectivity index (χ4n) is 3.84. The first-order valence-corrected chi connectivity index (χ1v) is 9.91. The SMILES string of the molecule is O=C(c1ccccc1)N1C[C@H]2CC[C@@H](C1)N(S(=O)(=O)C1CC1)C2. The molecule has 1 aromatic rings. The summed E-state index contributed by atoms with van der Waals surface area (Å²) >= 11 is 0. The second-order valence-electron chi connectivity index (χ2n) is 6.99. The highest BCUT2D eigenvalue weighted by molar-refractivity contribution is 7.90. The lowest BCUT2D eigenvalue weighted by atomic mass is 9.97. The number of piperidine rings is 1. The van der Waals surface area contributed by atoms with Gasteiger partial charge in [-0.25, -0.2) is 8.42 Å². The van der Waals surface area contributed by atoms with Crippen molar-refractivity contribution in [3.63, 3.8) is 0 Å². The molecule has 5 rings (SSSR count). The first-order chi connectivity index (χ1) is 11.1. The zero-order chi connectivity index (χ0) is 16.0. The highest BCUT2D eigenvalue weighted by Gasteiger charge is 2.47. The molecule has 5 nitrogen and oxygen atoms in total. The topological polar surface area (TPSA) is 57.7 Å². The van der Waals surface area contributed by atoms with E-state index in [-0.39, 0.29) is 23.1 Å². The van der Waals surface area contributed by atoms with E-state index in [0.29, 0.717) is 25.2 Å². The second-order valence-corrected chi connectivity index (χ2v) is 9.15. The molecule has 1 saturated carbocycles. The Morgan fingerprint density at radius 2 is 1.70 bits per heavy atom. The van der Waals surface area contributed by atoms with E-state index in [4.69, 9.17) is 0 Å². The van der Waals surface area contributed by atoms with E-state index in [1.54, 1.807) is 4.31 Å². The van der Waals surface area contributed by atoms with Gasteiger partial charge in [0.2, 0.25) is 10.0 Å². The van der Waals surface area contributed by atoms with Crippen molar-refractivity contribution in [3.8, 4) is 0 Å². The van der Waals surface area contributed by atoms with Gasteiger partial charge in [-0.1, -0.05) is 18.2 Å². The number of hydrogen-bond donors (Lipinski definition) is 0. The van der Waals surface area contributed by atoms with E-state index in [0.717, 1.165) is 25.7 Å². The summed E-state index contributed by atoms with van der Waals surface area (Å²) in [5.41, 5.74) is 0.686. The summed E-state index contributed by atoms with van der Waals surface area (Å²) in [6.07, 6.45) is 3.47. The van der Waals surface area contributed by atoms with Gasteiger partial charge < -0.3 is 4.90 Å². The molecular weight excluding hydrogens is 312 g/mol. The van der Waals surface area contributed by atoms with Crippen molar-refractivity contribution in [2.24, 2.45) is 5.92 Å². The standard InChI is InChI=1S/C17H22N2O3S/c20-17(14-4-2-1-3-5-14)18-10-13-6-7-15(12-18)19(11-13)23(21,22)16-8-9-16/h1-5,13,15-16H,6-12H2/t13-,15+/m1/s1. The fraction of sp³-hybridized carbons (Fsp3) is 0.588. The van der Waals surface area contributed by atoms with Crippen LogP contribution in [0, 0.1) is 5.92 Å². The van der Waals surface area contributed by atoms with Gasteiger partial charge in [-0.05, 0) is 43.7 Å². The van der Waals surface area contributed by atoms with Crippen molar-refractivity contribution in [3.05, 3.63) is 35.9 Å². The Balaban J connectivity index is 1.57. The first-order valence-electron chi connectivity index (χ1n) is 8.40. The number of amides is 1. The Labute approximate surface area is 137 Å². The molecule has 4 aliphatic rings. The summed E-state index contributed by atoms with van der Waals surface area (Å²) in [5.74, 6) is 0.281. The molecule has 0 radical (unpaired) electrons. The third-order valence-corrected chi connectivity index (χ3v) is 7.66.